The van der Waals surface area contributed by atoms with Gasteiger partial charge in [-0.1, -0.05) is 74.8 Å². The molecule has 28 heavy (non-hydrogen) atoms. The molecule has 1 aliphatic rings. The Morgan fingerprint density at radius 2 is 1.79 bits per heavy atom. The van der Waals surface area contributed by atoms with Gasteiger partial charge in [-0.3, -0.25) is 4.79 Å². The molecule has 1 aliphatic heterocycles. The number of rotatable bonds is 2. The molecular formula is C24H24ClNO2. The molecule has 1 atom stereocenters. The topological polar surface area (TPSA) is 29.5 Å². The highest BCUT2D eigenvalue weighted by molar-refractivity contribution is 6.30. The minimum absolute atomic E-state index is 0.0266. The summed E-state index contributed by atoms with van der Waals surface area (Å²) in [6.45, 7) is 7.04. The fourth-order valence-corrected chi connectivity index (χ4v) is 4.00. The van der Waals surface area contributed by atoms with E-state index in [1.54, 1.807) is 0 Å². The zero-order valence-corrected chi connectivity index (χ0v) is 17.2. The molecule has 0 bridgehead atoms. The van der Waals surface area contributed by atoms with Crippen LogP contribution in [0.4, 0.5) is 5.69 Å². The number of hydrogen-bond acceptors (Lipinski definition) is 2. The van der Waals surface area contributed by atoms with Gasteiger partial charge in [-0.15, -0.1) is 0 Å². The average Bonchev–Trinajstić information content (AvgIpc) is 2.77. The molecule has 3 nitrogen and oxygen atoms in total. The smallest absolute Gasteiger partial charge is 0.253 e. The first-order valence-corrected chi connectivity index (χ1v) is 9.90. The standard InChI is InChI=1S/C24H24ClNO2/c1-24(2,3)15-26-21-12-11-17(25)13-20(21)23(28-14-22(26)27)19-10-6-8-16-7-4-5-9-18(16)19/h4-13,23H,14-15H2,1-3H3. The van der Waals surface area contributed by atoms with E-state index in [1.807, 2.05) is 41.3 Å². The van der Waals surface area contributed by atoms with Gasteiger partial charge in [0.1, 0.15) is 12.7 Å². The van der Waals surface area contributed by atoms with Crippen molar-refractivity contribution in [3.8, 4) is 0 Å². The summed E-state index contributed by atoms with van der Waals surface area (Å²) in [5, 5.41) is 2.91. The summed E-state index contributed by atoms with van der Waals surface area (Å²) in [4.78, 5) is 14.8. The molecule has 0 N–H and O–H groups in total. The Morgan fingerprint density at radius 1 is 1.04 bits per heavy atom. The molecule has 144 valence electrons. The van der Waals surface area contributed by atoms with Crippen LogP contribution in [0.1, 0.15) is 38.0 Å². The quantitative estimate of drug-likeness (QED) is 0.535. The minimum atomic E-state index is -0.353. The molecule has 1 heterocycles. The van der Waals surface area contributed by atoms with E-state index in [9.17, 15) is 4.79 Å². The molecule has 0 saturated carbocycles. The predicted octanol–water partition coefficient (Wildman–Crippen LogP) is 5.99. The van der Waals surface area contributed by atoms with Gasteiger partial charge in [-0.25, -0.2) is 0 Å². The molecule has 0 aromatic heterocycles. The van der Waals surface area contributed by atoms with Crippen molar-refractivity contribution in [3.63, 3.8) is 0 Å². The summed E-state index contributed by atoms with van der Waals surface area (Å²) in [7, 11) is 0. The lowest BCUT2D eigenvalue weighted by atomic mass is 9.93. The lowest BCUT2D eigenvalue weighted by Crippen LogP contribution is -2.39. The first kappa shape index (κ1) is 19.0. The van der Waals surface area contributed by atoms with Crippen LogP contribution in [0.5, 0.6) is 0 Å². The van der Waals surface area contributed by atoms with E-state index < -0.39 is 0 Å². The number of ether oxygens (including phenoxy) is 1. The van der Waals surface area contributed by atoms with Crippen molar-refractivity contribution in [3.05, 3.63) is 76.8 Å². The fraction of sp³-hybridized carbons (Fsp3) is 0.292. The van der Waals surface area contributed by atoms with E-state index in [0.717, 1.165) is 27.6 Å². The number of anilines is 1. The maximum atomic E-state index is 12.9. The normalized spacial score (nSPS) is 17.5. The molecule has 0 fully saturated rings. The number of fused-ring (bicyclic) bond motifs is 2. The van der Waals surface area contributed by atoms with Crippen LogP contribution in [0.25, 0.3) is 10.8 Å². The third kappa shape index (κ3) is 3.65. The number of carbonyl (C=O) groups excluding carboxylic acids is 1. The third-order valence-electron chi connectivity index (χ3n) is 4.98. The van der Waals surface area contributed by atoms with E-state index in [-0.39, 0.29) is 24.0 Å². The number of halogens is 1. The molecule has 0 aliphatic carbocycles. The maximum Gasteiger partial charge on any atom is 0.253 e. The zero-order valence-electron chi connectivity index (χ0n) is 16.4. The summed E-state index contributed by atoms with van der Waals surface area (Å²) in [6.07, 6.45) is -0.353. The SMILES string of the molecule is CC(C)(C)CN1C(=O)COC(c2cccc3ccccc23)c2cc(Cl)ccc21. The number of nitrogens with zero attached hydrogens (tertiary/aromatic N) is 1. The molecule has 0 saturated heterocycles. The van der Waals surface area contributed by atoms with Crippen LogP contribution in [0, 0.1) is 5.41 Å². The van der Waals surface area contributed by atoms with E-state index in [1.165, 1.54) is 0 Å². The van der Waals surface area contributed by atoms with Crippen molar-refractivity contribution in [2.24, 2.45) is 5.41 Å². The molecule has 3 aromatic carbocycles. The van der Waals surface area contributed by atoms with Gasteiger partial charge < -0.3 is 9.64 Å². The Kier molecular flexibility index (Phi) is 4.90. The molecular weight excluding hydrogens is 370 g/mol. The predicted molar refractivity (Wildman–Crippen MR) is 115 cm³/mol. The Morgan fingerprint density at radius 3 is 2.57 bits per heavy atom. The minimum Gasteiger partial charge on any atom is -0.359 e. The van der Waals surface area contributed by atoms with Gasteiger partial charge in [0.25, 0.3) is 5.91 Å². The first-order valence-electron chi connectivity index (χ1n) is 9.52. The Hall–Kier alpha value is -2.36. The van der Waals surface area contributed by atoms with Gasteiger partial charge >= 0.3 is 0 Å². The first-order chi connectivity index (χ1) is 13.3. The van der Waals surface area contributed by atoms with E-state index in [4.69, 9.17) is 16.3 Å². The van der Waals surface area contributed by atoms with Gasteiger partial charge in [-0.2, -0.15) is 0 Å². The maximum absolute atomic E-state index is 12.9. The summed E-state index contributed by atoms with van der Waals surface area (Å²) in [5.74, 6) is -0.0266. The van der Waals surface area contributed by atoms with Crippen LogP contribution in [0.15, 0.2) is 60.7 Å². The lowest BCUT2D eigenvalue weighted by Gasteiger charge is -2.30. The van der Waals surface area contributed by atoms with Crippen molar-refractivity contribution in [1.82, 2.24) is 0 Å². The fourth-order valence-electron chi connectivity index (χ4n) is 3.82. The summed E-state index contributed by atoms with van der Waals surface area (Å²) in [6, 6.07) is 20.1. The molecule has 4 rings (SSSR count). The van der Waals surface area contributed by atoms with Crippen LogP contribution < -0.4 is 4.90 Å². The van der Waals surface area contributed by atoms with Crippen molar-refractivity contribution in [1.29, 1.82) is 0 Å². The van der Waals surface area contributed by atoms with Crippen LogP contribution in [-0.2, 0) is 9.53 Å². The van der Waals surface area contributed by atoms with Gasteiger partial charge in [0, 0.05) is 22.8 Å². The second-order valence-electron chi connectivity index (χ2n) is 8.50. The Balaban J connectivity index is 1.90. The van der Waals surface area contributed by atoms with Crippen molar-refractivity contribution in [2.75, 3.05) is 18.1 Å². The lowest BCUT2D eigenvalue weighted by molar-refractivity contribution is -0.124. The molecule has 4 heteroatoms. The largest absolute Gasteiger partial charge is 0.359 e. The summed E-state index contributed by atoms with van der Waals surface area (Å²) >= 11 is 6.36. The van der Waals surface area contributed by atoms with Crippen LogP contribution in [0.2, 0.25) is 5.02 Å². The summed E-state index contributed by atoms with van der Waals surface area (Å²) in [5.41, 5.74) is 2.82. The van der Waals surface area contributed by atoms with Gasteiger partial charge in [-0.05, 0) is 39.9 Å². The average molecular weight is 394 g/mol. The second kappa shape index (κ2) is 7.23. The van der Waals surface area contributed by atoms with Crippen molar-refractivity contribution >= 4 is 34.0 Å². The van der Waals surface area contributed by atoms with E-state index in [0.29, 0.717) is 11.6 Å². The summed E-state index contributed by atoms with van der Waals surface area (Å²) < 4.78 is 6.19. The number of amides is 1. The van der Waals surface area contributed by atoms with Crippen LogP contribution in [-0.4, -0.2) is 19.1 Å². The van der Waals surface area contributed by atoms with Gasteiger partial charge in [0.2, 0.25) is 0 Å². The highest BCUT2D eigenvalue weighted by Crippen LogP contribution is 2.40. The van der Waals surface area contributed by atoms with Crippen molar-refractivity contribution < 1.29 is 9.53 Å². The zero-order chi connectivity index (χ0) is 19.9. The van der Waals surface area contributed by atoms with Crippen LogP contribution in [0.3, 0.4) is 0 Å². The highest BCUT2D eigenvalue weighted by atomic mass is 35.5. The molecule has 1 amide bonds. The number of hydrogen-bond donors (Lipinski definition) is 0. The Labute approximate surface area is 170 Å². The van der Waals surface area contributed by atoms with E-state index in [2.05, 4.69) is 45.0 Å². The number of benzene rings is 3. The number of carbonyl (C=O) groups is 1. The third-order valence-corrected chi connectivity index (χ3v) is 5.21. The van der Waals surface area contributed by atoms with Gasteiger partial charge in [0.15, 0.2) is 0 Å². The molecule has 3 aromatic rings. The van der Waals surface area contributed by atoms with Gasteiger partial charge in [0.05, 0.1) is 0 Å². The molecule has 0 spiro atoms. The Bertz CT molecular complexity index is 1030. The molecule has 0 radical (unpaired) electrons. The van der Waals surface area contributed by atoms with Crippen LogP contribution >= 0.6 is 11.6 Å². The monoisotopic (exact) mass is 393 g/mol. The molecule has 1 unspecified atom stereocenters. The van der Waals surface area contributed by atoms with Crippen molar-refractivity contribution in [2.45, 2.75) is 26.9 Å². The van der Waals surface area contributed by atoms with E-state index >= 15 is 0 Å². The highest BCUT2D eigenvalue weighted by Gasteiger charge is 2.32. The second-order valence-corrected chi connectivity index (χ2v) is 8.94.